The summed E-state index contributed by atoms with van der Waals surface area (Å²) < 4.78 is 5.50. The van der Waals surface area contributed by atoms with Crippen LogP contribution in [0.3, 0.4) is 0 Å². The monoisotopic (exact) mass is 284 g/mol. The van der Waals surface area contributed by atoms with Crippen LogP contribution in [0.15, 0.2) is 12.3 Å². The molecule has 0 bridgehead atoms. The van der Waals surface area contributed by atoms with Gasteiger partial charge in [-0.3, -0.25) is 0 Å². The standard InChI is InChI=1S/C11H14BClN2O4/c1-12(18)15-3-2-7(15)6-19-8-4-9(11(16)17)10(13)14-5-8/h4-5,7,18H,2-3,6H2,1H3,(H,16,17)/t7-/m0/s1. The zero-order valence-corrected chi connectivity index (χ0v) is 11.2. The van der Waals surface area contributed by atoms with Crippen LogP contribution >= 0.6 is 11.6 Å². The van der Waals surface area contributed by atoms with Gasteiger partial charge in [-0.1, -0.05) is 11.6 Å². The van der Waals surface area contributed by atoms with Gasteiger partial charge in [-0.25, -0.2) is 9.78 Å². The lowest BCUT2D eigenvalue weighted by Gasteiger charge is -2.41. The molecule has 1 aromatic rings. The molecule has 8 heteroatoms. The number of hydrogen-bond acceptors (Lipinski definition) is 5. The summed E-state index contributed by atoms with van der Waals surface area (Å²) in [4.78, 5) is 16.6. The molecular weight excluding hydrogens is 270 g/mol. The number of nitrogens with zero attached hydrogens (tertiary/aromatic N) is 2. The van der Waals surface area contributed by atoms with E-state index in [1.54, 1.807) is 6.82 Å². The molecule has 0 aliphatic carbocycles. The Kier molecular flexibility index (Phi) is 4.29. The summed E-state index contributed by atoms with van der Waals surface area (Å²) in [6, 6.07) is 1.49. The van der Waals surface area contributed by atoms with Crippen LogP contribution < -0.4 is 4.74 Å². The van der Waals surface area contributed by atoms with Crippen LogP contribution in [-0.2, 0) is 0 Å². The lowest BCUT2D eigenvalue weighted by molar-refractivity contribution is 0.0695. The Labute approximate surface area is 116 Å². The molecule has 1 aromatic heterocycles. The fourth-order valence-corrected chi connectivity index (χ4v) is 2.17. The number of rotatable bonds is 5. The lowest BCUT2D eigenvalue weighted by Crippen LogP contribution is -2.57. The van der Waals surface area contributed by atoms with Crippen LogP contribution in [0.2, 0.25) is 12.0 Å². The summed E-state index contributed by atoms with van der Waals surface area (Å²) in [5.74, 6) is -0.781. The smallest absolute Gasteiger partial charge is 0.376 e. The van der Waals surface area contributed by atoms with Gasteiger partial charge in [0.2, 0.25) is 0 Å². The summed E-state index contributed by atoms with van der Waals surface area (Å²) in [5, 5.41) is 18.3. The van der Waals surface area contributed by atoms with Crippen LogP contribution in [-0.4, -0.2) is 52.1 Å². The number of carboxylic acids is 1. The number of halogens is 1. The first-order valence-electron chi connectivity index (χ1n) is 5.94. The molecule has 0 aromatic carbocycles. The maximum absolute atomic E-state index is 10.9. The van der Waals surface area contributed by atoms with Crippen LogP contribution in [0.1, 0.15) is 16.8 Å². The van der Waals surface area contributed by atoms with Gasteiger partial charge in [0.15, 0.2) is 0 Å². The van der Waals surface area contributed by atoms with Crippen LogP contribution in [0.25, 0.3) is 0 Å². The molecule has 2 heterocycles. The minimum atomic E-state index is -1.14. The van der Waals surface area contributed by atoms with Crippen LogP contribution in [0.5, 0.6) is 5.75 Å². The highest BCUT2D eigenvalue weighted by atomic mass is 35.5. The van der Waals surface area contributed by atoms with E-state index in [1.807, 2.05) is 4.81 Å². The topological polar surface area (TPSA) is 82.9 Å². The molecule has 0 spiro atoms. The first-order chi connectivity index (χ1) is 8.99. The Hall–Kier alpha value is -1.31. The number of carbonyl (C=O) groups is 1. The van der Waals surface area contributed by atoms with E-state index in [-0.39, 0.29) is 16.8 Å². The van der Waals surface area contributed by atoms with Gasteiger partial charge in [0.1, 0.15) is 23.1 Å². The maximum atomic E-state index is 10.9. The van der Waals surface area contributed by atoms with E-state index in [0.717, 1.165) is 13.0 Å². The van der Waals surface area contributed by atoms with Gasteiger partial charge in [-0.15, -0.1) is 0 Å². The van der Waals surface area contributed by atoms with Crippen molar-refractivity contribution in [2.75, 3.05) is 13.2 Å². The third-order valence-corrected chi connectivity index (χ3v) is 3.46. The molecular formula is C11H14BClN2O4. The Bertz CT molecular complexity index is 486. The zero-order chi connectivity index (χ0) is 14.0. The molecule has 0 unspecified atom stereocenters. The summed E-state index contributed by atoms with van der Waals surface area (Å²) >= 11 is 5.67. The summed E-state index contributed by atoms with van der Waals surface area (Å²) in [5.41, 5.74) is -0.0832. The second-order valence-electron chi connectivity index (χ2n) is 4.44. The molecule has 2 N–H and O–H groups in total. The molecule has 1 fully saturated rings. The average molecular weight is 285 g/mol. The molecule has 1 atom stereocenters. The van der Waals surface area contributed by atoms with E-state index in [9.17, 15) is 9.82 Å². The molecule has 0 saturated carbocycles. The van der Waals surface area contributed by atoms with Crippen LogP contribution in [0, 0.1) is 0 Å². The molecule has 0 amide bonds. The Morgan fingerprint density at radius 3 is 3.00 bits per heavy atom. The van der Waals surface area contributed by atoms with Crippen molar-refractivity contribution in [2.45, 2.75) is 19.3 Å². The number of aromatic carboxylic acids is 1. The second-order valence-corrected chi connectivity index (χ2v) is 4.80. The predicted molar refractivity (Wildman–Crippen MR) is 70.6 cm³/mol. The average Bonchev–Trinajstić information content (AvgIpc) is 2.28. The van der Waals surface area contributed by atoms with E-state index < -0.39 is 13.0 Å². The van der Waals surface area contributed by atoms with Crippen LogP contribution in [0.4, 0.5) is 0 Å². The number of aromatic nitrogens is 1. The molecule has 1 aliphatic rings. The van der Waals surface area contributed by atoms with Gasteiger partial charge < -0.3 is 19.7 Å². The first-order valence-corrected chi connectivity index (χ1v) is 6.32. The number of pyridine rings is 1. The van der Waals surface area contributed by atoms with Gasteiger partial charge in [-0.05, 0) is 25.9 Å². The molecule has 19 heavy (non-hydrogen) atoms. The maximum Gasteiger partial charge on any atom is 0.376 e. The molecule has 0 radical (unpaired) electrons. The molecule has 102 valence electrons. The van der Waals surface area contributed by atoms with E-state index in [2.05, 4.69) is 4.98 Å². The van der Waals surface area contributed by atoms with Gasteiger partial charge in [0.25, 0.3) is 0 Å². The minimum absolute atomic E-state index is 0.0610. The van der Waals surface area contributed by atoms with Gasteiger partial charge in [0, 0.05) is 6.04 Å². The van der Waals surface area contributed by atoms with Crippen molar-refractivity contribution in [3.05, 3.63) is 23.0 Å². The molecule has 1 aliphatic heterocycles. The second kappa shape index (κ2) is 5.77. The van der Waals surface area contributed by atoms with E-state index in [4.69, 9.17) is 21.4 Å². The van der Waals surface area contributed by atoms with E-state index in [1.165, 1.54) is 12.3 Å². The third-order valence-electron chi connectivity index (χ3n) is 3.16. The Balaban J connectivity index is 1.97. The van der Waals surface area contributed by atoms with Crippen molar-refractivity contribution in [1.82, 2.24) is 9.79 Å². The van der Waals surface area contributed by atoms with Gasteiger partial charge in [-0.2, -0.15) is 0 Å². The van der Waals surface area contributed by atoms with Crippen molar-refractivity contribution >= 4 is 24.6 Å². The highest BCUT2D eigenvalue weighted by Crippen LogP contribution is 2.22. The minimum Gasteiger partial charge on any atom is -0.490 e. The molecule has 2 rings (SSSR count). The Morgan fingerprint density at radius 1 is 1.74 bits per heavy atom. The highest BCUT2D eigenvalue weighted by molar-refractivity contribution is 6.45. The largest absolute Gasteiger partial charge is 0.490 e. The fraction of sp³-hybridized carbons (Fsp3) is 0.455. The van der Waals surface area contributed by atoms with Crippen molar-refractivity contribution in [2.24, 2.45) is 0 Å². The molecule has 1 saturated heterocycles. The number of carboxylic acid groups (broad SMARTS) is 1. The fourth-order valence-electron chi connectivity index (χ4n) is 1.98. The lowest BCUT2D eigenvalue weighted by atomic mass is 9.78. The van der Waals surface area contributed by atoms with E-state index in [0.29, 0.717) is 12.4 Å². The van der Waals surface area contributed by atoms with Gasteiger partial charge >= 0.3 is 13.0 Å². The summed E-state index contributed by atoms with van der Waals surface area (Å²) in [7, 11) is -0.500. The van der Waals surface area contributed by atoms with Crippen molar-refractivity contribution < 1.29 is 19.7 Å². The number of ether oxygens (including phenoxy) is 1. The molecule has 6 nitrogen and oxygen atoms in total. The quantitative estimate of drug-likeness (QED) is 0.620. The Morgan fingerprint density at radius 2 is 2.47 bits per heavy atom. The normalized spacial score (nSPS) is 18.8. The SMILES string of the molecule is CB(O)N1CC[C@H]1COc1cnc(Cl)c(C(=O)O)c1. The summed E-state index contributed by atoms with van der Waals surface area (Å²) in [6.45, 7) is 2.93. The first kappa shape index (κ1) is 14.1. The summed E-state index contributed by atoms with van der Waals surface area (Å²) in [6.07, 6.45) is 2.33. The third kappa shape index (κ3) is 3.18. The number of hydrogen-bond donors (Lipinski definition) is 2. The van der Waals surface area contributed by atoms with Crippen molar-refractivity contribution in [3.8, 4) is 5.75 Å². The predicted octanol–water partition coefficient (Wildman–Crippen LogP) is 0.997. The van der Waals surface area contributed by atoms with E-state index >= 15 is 0 Å². The van der Waals surface area contributed by atoms with Crippen molar-refractivity contribution in [3.63, 3.8) is 0 Å². The van der Waals surface area contributed by atoms with Crippen molar-refractivity contribution in [1.29, 1.82) is 0 Å². The zero-order valence-electron chi connectivity index (χ0n) is 10.4. The highest BCUT2D eigenvalue weighted by Gasteiger charge is 2.33. The van der Waals surface area contributed by atoms with Gasteiger partial charge in [0.05, 0.1) is 6.20 Å².